The van der Waals surface area contributed by atoms with Crippen LogP contribution in [0.3, 0.4) is 0 Å². The summed E-state index contributed by atoms with van der Waals surface area (Å²) in [6.07, 6.45) is 7.12. The highest BCUT2D eigenvalue weighted by Gasteiger charge is 2.22. The van der Waals surface area contributed by atoms with Crippen molar-refractivity contribution in [3.8, 4) is 5.75 Å². The number of pyridine rings is 1. The van der Waals surface area contributed by atoms with Gasteiger partial charge in [-0.2, -0.15) is 0 Å². The molecule has 4 nitrogen and oxygen atoms in total. The topological polar surface area (TPSA) is 42.4 Å². The van der Waals surface area contributed by atoms with Crippen molar-refractivity contribution in [2.75, 3.05) is 13.1 Å². The molecule has 1 fully saturated rings. The van der Waals surface area contributed by atoms with Gasteiger partial charge in [-0.05, 0) is 30.7 Å². The molecule has 0 N–H and O–H groups in total. The number of hydrogen-bond donors (Lipinski definition) is 0. The number of rotatable bonds is 4. The Hall–Kier alpha value is -2.62. The van der Waals surface area contributed by atoms with Crippen LogP contribution in [0.2, 0.25) is 0 Å². The van der Waals surface area contributed by atoms with E-state index in [2.05, 4.69) is 4.98 Å². The molecule has 1 aliphatic rings. The maximum Gasteiger partial charge on any atom is 0.246 e. The molecule has 24 heavy (non-hydrogen) atoms. The van der Waals surface area contributed by atoms with Gasteiger partial charge in [-0.15, -0.1) is 0 Å². The van der Waals surface area contributed by atoms with E-state index >= 15 is 0 Å². The summed E-state index contributed by atoms with van der Waals surface area (Å²) in [6.45, 7) is 3.40. The van der Waals surface area contributed by atoms with Crippen LogP contribution in [-0.2, 0) is 4.79 Å². The van der Waals surface area contributed by atoms with E-state index in [1.807, 2.05) is 60.4 Å². The molecular formula is C20H22N2O2. The summed E-state index contributed by atoms with van der Waals surface area (Å²) in [6, 6.07) is 13.8. The van der Waals surface area contributed by atoms with Crippen molar-refractivity contribution < 1.29 is 9.53 Å². The fourth-order valence-electron chi connectivity index (χ4n) is 2.75. The molecule has 0 unspecified atom stereocenters. The zero-order chi connectivity index (χ0) is 16.8. The number of aromatic nitrogens is 1. The highest BCUT2D eigenvalue weighted by atomic mass is 16.5. The summed E-state index contributed by atoms with van der Waals surface area (Å²) in [4.78, 5) is 18.4. The molecule has 0 spiro atoms. The minimum Gasteiger partial charge on any atom is -0.489 e. The number of benzene rings is 1. The molecule has 4 heteroatoms. The molecule has 1 amide bonds. The maximum atomic E-state index is 12.3. The van der Waals surface area contributed by atoms with Crippen molar-refractivity contribution in [3.05, 3.63) is 66.0 Å². The zero-order valence-corrected chi connectivity index (χ0v) is 13.9. The predicted octanol–water partition coefficient (Wildman–Crippen LogP) is 3.47. The average molecular weight is 322 g/mol. The van der Waals surface area contributed by atoms with Gasteiger partial charge in [-0.3, -0.25) is 9.78 Å². The first-order valence-corrected chi connectivity index (χ1v) is 8.32. The minimum atomic E-state index is 0.0642. The summed E-state index contributed by atoms with van der Waals surface area (Å²) in [7, 11) is 0. The summed E-state index contributed by atoms with van der Waals surface area (Å²) in [5.41, 5.74) is 2.02. The Balaban J connectivity index is 1.48. The van der Waals surface area contributed by atoms with Gasteiger partial charge >= 0.3 is 0 Å². The zero-order valence-electron chi connectivity index (χ0n) is 13.9. The number of piperidine rings is 1. The fourth-order valence-corrected chi connectivity index (χ4v) is 2.75. The average Bonchev–Trinajstić information content (AvgIpc) is 2.63. The number of amides is 1. The van der Waals surface area contributed by atoms with Crippen molar-refractivity contribution in [2.24, 2.45) is 0 Å². The fraction of sp³-hybridized carbons (Fsp3) is 0.300. The molecule has 0 radical (unpaired) electrons. The third kappa shape index (κ3) is 4.44. The Labute approximate surface area is 142 Å². The monoisotopic (exact) mass is 322 g/mol. The Bertz CT molecular complexity index is 687. The van der Waals surface area contributed by atoms with E-state index < -0.39 is 0 Å². The first-order chi connectivity index (χ1) is 11.7. The van der Waals surface area contributed by atoms with Crippen molar-refractivity contribution in [1.82, 2.24) is 9.88 Å². The smallest absolute Gasteiger partial charge is 0.246 e. The van der Waals surface area contributed by atoms with Crippen LogP contribution in [0.15, 0.2) is 54.7 Å². The molecule has 1 aromatic heterocycles. The molecule has 1 aromatic carbocycles. The van der Waals surface area contributed by atoms with Gasteiger partial charge in [-0.25, -0.2) is 0 Å². The first kappa shape index (κ1) is 16.2. The summed E-state index contributed by atoms with van der Waals surface area (Å²) >= 11 is 0. The third-order valence-corrected chi connectivity index (χ3v) is 4.16. The van der Waals surface area contributed by atoms with Crippen LogP contribution >= 0.6 is 0 Å². The van der Waals surface area contributed by atoms with Crippen LogP contribution < -0.4 is 4.74 Å². The van der Waals surface area contributed by atoms with Crippen molar-refractivity contribution in [1.29, 1.82) is 0 Å². The second-order valence-corrected chi connectivity index (χ2v) is 6.02. The number of hydrogen-bond acceptors (Lipinski definition) is 3. The Morgan fingerprint density at radius 1 is 1.17 bits per heavy atom. The second-order valence-electron chi connectivity index (χ2n) is 6.02. The largest absolute Gasteiger partial charge is 0.489 e. The molecule has 2 heterocycles. The molecule has 2 aromatic rings. The number of carbonyl (C=O) groups excluding carboxylic acids is 1. The van der Waals surface area contributed by atoms with E-state index in [1.165, 1.54) is 0 Å². The van der Waals surface area contributed by atoms with Gasteiger partial charge in [0.1, 0.15) is 11.9 Å². The van der Waals surface area contributed by atoms with Crippen LogP contribution in [0.4, 0.5) is 0 Å². The molecule has 0 saturated carbocycles. The Morgan fingerprint density at radius 2 is 1.92 bits per heavy atom. The van der Waals surface area contributed by atoms with E-state index in [1.54, 1.807) is 12.3 Å². The van der Waals surface area contributed by atoms with E-state index in [4.69, 9.17) is 4.74 Å². The highest BCUT2D eigenvalue weighted by Crippen LogP contribution is 2.18. The number of carbonyl (C=O) groups is 1. The number of likely N-dealkylation sites (tertiary alicyclic amines) is 1. The quantitative estimate of drug-likeness (QED) is 0.810. The lowest BCUT2D eigenvalue weighted by molar-refractivity contribution is -0.127. The molecule has 124 valence electrons. The molecule has 0 atom stereocenters. The molecule has 1 saturated heterocycles. The molecule has 3 rings (SSSR count). The van der Waals surface area contributed by atoms with E-state index in [9.17, 15) is 4.79 Å². The molecule has 0 bridgehead atoms. The van der Waals surface area contributed by atoms with Gasteiger partial charge in [0.05, 0.1) is 6.20 Å². The second kappa shape index (κ2) is 7.77. The summed E-state index contributed by atoms with van der Waals surface area (Å²) in [5, 5.41) is 0. The van der Waals surface area contributed by atoms with Crippen LogP contribution in [0.1, 0.15) is 24.1 Å². The van der Waals surface area contributed by atoms with Gasteiger partial charge in [0.15, 0.2) is 0 Å². The van der Waals surface area contributed by atoms with E-state index in [-0.39, 0.29) is 12.0 Å². The summed E-state index contributed by atoms with van der Waals surface area (Å²) < 4.78 is 5.95. The van der Waals surface area contributed by atoms with Crippen LogP contribution in [0.25, 0.3) is 6.08 Å². The standard InChI is InChI=1S/C20H22N2O2/c1-16-7-9-19(15-21-16)24-18-11-13-22(14-12-18)20(23)10-8-17-5-3-2-4-6-17/h2-10,15,18H,11-14H2,1H3/b10-8+. The predicted molar refractivity (Wildman–Crippen MR) is 94.7 cm³/mol. The van der Waals surface area contributed by atoms with E-state index in [0.29, 0.717) is 0 Å². The lowest BCUT2D eigenvalue weighted by atomic mass is 10.1. The van der Waals surface area contributed by atoms with E-state index in [0.717, 1.165) is 42.9 Å². The first-order valence-electron chi connectivity index (χ1n) is 8.32. The maximum absolute atomic E-state index is 12.3. The van der Waals surface area contributed by atoms with Gasteiger partial charge in [0, 0.05) is 37.7 Å². The minimum absolute atomic E-state index is 0.0642. The Morgan fingerprint density at radius 3 is 2.58 bits per heavy atom. The number of nitrogens with zero attached hydrogens (tertiary/aromatic N) is 2. The van der Waals surface area contributed by atoms with Gasteiger partial charge in [-0.1, -0.05) is 30.3 Å². The van der Waals surface area contributed by atoms with Crippen LogP contribution in [0.5, 0.6) is 5.75 Å². The SMILES string of the molecule is Cc1ccc(OC2CCN(C(=O)/C=C/c3ccccc3)CC2)cn1. The molecule has 1 aliphatic heterocycles. The van der Waals surface area contributed by atoms with Crippen LogP contribution in [-0.4, -0.2) is 35.0 Å². The number of aryl methyl sites for hydroxylation is 1. The lowest BCUT2D eigenvalue weighted by Crippen LogP contribution is -2.41. The summed E-state index contributed by atoms with van der Waals surface area (Å²) in [5.74, 6) is 0.864. The Kier molecular flexibility index (Phi) is 5.26. The lowest BCUT2D eigenvalue weighted by Gasteiger charge is -2.31. The van der Waals surface area contributed by atoms with Crippen molar-refractivity contribution in [2.45, 2.75) is 25.9 Å². The van der Waals surface area contributed by atoms with Crippen LogP contribution in [0, 0.1) is 6.92 Å². The van der Waals surface area contributed by atoms with Crippen molar-refractivity contribution in [3.63, 3.8) is 0 Å². The third-order valence-electron chi connectivity index (χ3n) is 4.16. The highest BCUT2D eigenvalue weighted by molar-refractivity contribution is 5.91. The molecular weight excluding hydrogens is 300 g/mol. The van der Waals surface area contributed by atoms with Gasteiger partial charge in [0.2, 0.25) is 5.91 Å². The van der Waals surface area contributed by atoms with Crippen molar-refractivity contribution >= 4 is 12.0 Å². The molecule has 0 aliphatic carbocycles. The van der Waals surface area contributed by atoms with Gasteiger partial charge < -0.3 is 9.64 Å². The normalized spacial score (nSPS) is 15.6. The number of ether oxygens (including phenoxy) is 1. The van der Waals surface area contributed by atoms with Gasteiger partial charge in [0.25, 0.3) is 0 Å².